The Hall–Kier alpha value is -4.23. The van der Waals surface area contributed by atoms with Gasteiger partial charge in [0.05, 0.1) is 12.4 Å². The van der Waals surface area contributed by atoms with Gasteiger partial charge in [0.15, 0.2) is 0 Å². The quantitative estimate of drug-likeness (QED) is 0.106. The Morgan fingerprint density at radius 3 is 2.38 bits per heavy atom. The minimum atomic E-state index is -1.23. The largest absolute Gasteiger partial charge is 0.480 e. The van der Waals surface area contributed by atoms with Crippen molar-refractivity contribution in [2.45, 2.75) is 76.5 Å². The number of aromatic nitrogens is 3. The van der Waals surface area contributed by atoms with Gasteiger partial charge in [0.2, 0.25) is 17.7 Å². The van der Waals surface area contributed by atoms with Crippen molar-refractivity contribution < 1.29 is 24.3 Å². The van der Waals surface area contributed by atoms with E-state index >= 15 is 0 Å². The van der Waals surface area contributed by atoms with Gasteiger partial charge in [-0.1, -0.05) is 38.5 Å². The van der Waals surface area contributed by atoms with Crippen molar-refractivity contribution in [1.82, 2.24) is 30.9 Å². The molecule has 0 spiro atoms. The molecule has 3 aromatic rings. The lowest BCUT2D eigenvalue weighted by atomic mass is 9.96. The zero-order chi connectivity index (χ0) is 30.6. The number of nitrogens with zero attached hydrogens (tertiary/aromatic N) is 1. The van der Waals surface area contributed by atoms with E-state index in [1.54, 1.807) is 6.92 Å². The molecule has 3 rings (SSSR count). The molecule has 0 fully saturated rings. The van der Waals surface area contributed by atoms with Crippen LogP contribution in [0.1, 0.15) is 50.8 Å². The van der Waals surface area contributed by atoms with Crippen LogP contribution in [0.5, 0.6) is 0 Å². The van der Waals surface area contributed by atoms with Crippen molar-refractivity contribution in [3.63, 3.8) is 0 Å². The number of hydrogen-bond acceptors (Lipinski definition) is 7. The lowest BCUT2D eigenvalue weighted by molar-refractivity contribution is -0.142. The Morgan fingerprint density at radius 1 is 0.976 bits per heavy atom. The number of unbranched alkanes of at least 4 members (excludes halogenated alkanes) is 1. The molecular weight excluding hydrogens is 540 g/mol. The molecule has 42 heavy (non-hydrogen) atoms. The normalized spacial score (nSPS) is 14.9. The number of imidazole rings is 1. The summed E-state index contributed by atoms with van der Waals surface area (Å²) < 4.78 is 0. The minimum Gasteiger partial charge on any atom is -0.480 e. The van der Waals surface area contributed by atoms with E-state index < -0.39 is 47.9 Å². The number of nitrogens with one attached hydrogen (secondary N) is 5. The molecular formula is C29H42N8O5. The Bertz CT molecular complexity index is 1320. The van der Waals surface area contributed by atoms with Crippen molar-refractivity contribution in [2.75, 3.05) is 6.54 Å². The zero-order valence-electron chi connectivity index (χ0n) is 24.1. The van der Waals surface area contributed by atoms with Crippen LogP contribution in [-0.4, -0.2) is 74.5 Å². The van der Waals surface area contributed by atoms with E-state index in [0.29, 0.717) is 37.9 Å². The van der Waals surface area contributed by atoms with E-state index in [1.165, 1.54) is 12.5 Å². The van der Waals surface area contributed by atoms with Crippen molar-refractivity contribution in [2.24, 2.45) is 17.4 Å². The highest BCUT2D eigenvalue weighted by Gasteiger charge is 2.33. The number of amides is 3. The third-order valence-corrected chi connectivity index (χ3v) is 7.42. The number of benzene rings is 1. The molecule has 0 aliphatic rings. The highest BCUT2D eigenvalue weighted by atomic mass is 16.4. The SMILES string of the molecule is CCC(C)C(NC(=O)C(CCCCN)NC(=O)C(N)Cc1c[nH]c2ccccc12)C(=O)NC(Cc1cnc[nH]1)C(=O)O. The topological polar surface area (TPSA) is 221 Å². The molecule has 0 radical (unpaired) electrons. The summed E-state index contributed by atoms with van der Waals surface area (Å²) in [5.74, 6) is -3.22. The number of nitrogens with two attached hydrogens (primary N) is 2. The second-order valence-electron chi connectivity index (χ2n) is 10.6. The highest BCUT2D eigenvalue weighted by Crippen LogP contribution is 2.19. The molecule has 13 heteroatoms. The number of carboxylic acid groups (broad SMARTS) is 1. The van der Waals surface area contributed by atoms with E-state index in [4.69, 9.17) is 11.5 Å². The van der Waals surface area contributed by atoms with E-state index in [9.17, 15) is 24.3 Å². The third kappa shape index (κ3) is 8.88. The summed E-state index contributed by atoms with van der Waals surface area (Å²) in [5, 5.41) is 18.7. The number of carboxylic acids is 1. The molecule has 228 valence electrons. The van der Waals surface area contributed by atoms with E-state index in [0.717, 1.165) is 16.5 Å². The molecule has 0 saturated heterocycles. The smallest absolute Gasteiger partial charge is 0.326 e. The first-order chi connectivity index (χ1) is 20.1. The van der Waals surface area contributed by atoms with Gasteiger partial charge in [-0.3, -0.25) is 14.4 Å². The molecule has 13 nitrogen and oxygen atoms in total. The molecule has 3 amide bonds. The summed E-state index contributed by atoms with van der Waals surface area (Å²) in [5.41, 5.74) is 14.3. The van der Waals surface area contributed by atoms with Crippen LogP contribution in [0.25, 0.3) is 10.9 Å². The van der Waals surface area contributed by atoms with Crippen LogP contribution >= 0.6 is 0 Å². The molecule has 2 aromatic heterocycles. The summed E-state index contributed by atoms with van der Waals surface area (Å²) in [7, 11) is 0. The summed E-state index contributed by atoms with van der Waals surface area (Å²) in [6.45, 7) is 4.07. The number of carbonyl (C=O) groups excluding carboxylic acids is 3. The molecule has 2 heterocycles. The molecule has 5 unspecified atom stereocenters. The summed E-state index contributed by atoms with van der Waals surface area (Å²) >= 11 is 0. The summed E-state index contributed by atoms with van der Waals surface area (Å²) in [4.78, 5) is 61.6. The molecule has 0 bridgehead atoms. The van der Waals surface area contributed by atoms with Gasteiger partial charge in [-0.25, -0.2) is 9.78 Å². The first kappa shape index (κ1) is 32.3. The number of fused-ring (bicyclic) bond motifs is 1. The number of rotatable bonds is 17. The highest BCUT2D eigenvalue weighted by molar-refractivity contribution is 5.94. The lowest BCUT2D eigenvalue weighted by Crippen LogP contribution is -2.59. The standard InChI is InChI=1S/C29H42N8O5/c1-3-17(2)25(28(40)36-24(29(41)42)13-19-15-32-16-34-19)37-27(39)23(10-6-7-11-30)35-26(38)21(31)12-18-14-33-22-9-5-4-8-20(18)22/h4-5,8-9,14-17,21,23-25,33H,3,6-7,10-13,30-31H2,1-2H3,(H,32,34)(H,35,38)(H,36,40)(H,37,39)(H,41,42). The first-order valence-corrected chi connectivity index (χ1v) is 14.3. The van der Waals surface area contributed by atoms with Gasteiger partial charge in [-0.2, -0.15) is 0 Å². The number of hydrogen-bond donors (Lipinski definition) is 8. The van der Waals surface area contributed by atoms with Crippen molar-refractivity contribution in [1.29, 1.82) is 0 Å². The van der Waals surface area contributed by atoms with Crippen molar-refractivity contribution in [3.8, 4) is 0 Å². The van der Waals surface area contributed by atoms with Gasteiger partial charge in [0.1, 0.15) is 18.1 Å². The minimum absolute atomic E-state index is 0.00562. The molecule has 0 aliphatic carbocycles. The van der Waals surface area contributed by atoms with Gasteiger partial charge in [-0.05, 0) is 49.8 Å². The van der Waals surface area contributed by atoms with E-state index in [2.05, 4.69) is 30.9 Å². The van der Waals surface area contributed by atoms with E-state index in [-0.39, 0.29) is 18.8 Å². The van der Waals surface area contributed by atoms with Gasteiger partial charge >= 0.3 is 5.97 Å². The fraction of sp³-hybridized carbons (Fsp3) is 0.483. The fourth-order valence-corrected chi connectivity index (χ4v) is 4.70. The lowest BCUT2D eigenvalue weighted by Gasteiger charge is -2.28. The average Bonchev–Trinajstić information content (AvgIpc) is 3.64. The second kappa shape index (κ2) is 15.7. The Kier molecular flexibility index (Phi) is 12.1. The number of carbonyl (C=O) groups is 4. The van der Waals surface area contributed by atoms with Crippen LogP contribution in [-0.2, 0) is 32.0 Å². The summed E-state index contributed by atoms with van der Waals surface area (Å²) in [6.07, 6.45) is 7.01. The van der Waals surface area contributed by atoms with Crippen LogP contribution in [0.15, 0.2) is 43.0 Å². The van der Waals surface area contributed by atoms with Crippen LogP contribution < -0.4 is 27.4 Å². The molecule has 0 saturated carbocycles. The van der Waals surface area contributed by atoms with E-state index in [1.807, 2.05) is 37.4 Å². The molecule has 10 N–H and O–H groups in total. The van der Waals surface area contributed by atoms with Gasteiger partial charge < -0.3 is 42.5 Å². The fourth-order valence-electron chi connectivity index (χ4n) is 4.70. The molecule has 0 aliphatic heterocycles. The van der Waals surface area contributed by atoms with Gasteiger partial charge in [0, 0.05) is 35.4 Å². The molecule has 5 atom stereocenters. The number of aliphatic carboxylic acids is 1. The van der Waals surface area contributed by atoms with Crippen molar-refractivity contribution >= 4 is 34.6 Å². The van der Waals surface area contributed by atoms with Gasteiger partial charge in [0.25, 0.3) is 0 Å². The Labute approximate surface area is 244 Å². The Morgan fingerprint density at radius 2 is 1.71 bits per heavy atom. The van der Waals surface area contributed by atoms with Crippen LogP contribution in [0.4, 0.5) is 0 Å². The van der Waals surface area contributed by atoms with Crippen LogP contribution in [0.2, 0.25) is 0 Å². The maximum Gasteiger partial charge on any atom is 0.326 e. The van der Waals surface area contributed by atoms with Crippen LogP contribution in [0.3, 0.4) is 0 Å². The van der Waals surface area contributed by atoms with Gasteiger partial charge in [-0.15, -0.1) is 0 Å². The number of H-pyrrole nitrogens is 2. The maximum atomic E-state index is 13.5. The zero-order valence-corrected chi connectivity index (χ0v) is 24.1. The monoisotopic (exact) mass is 582 g/mol. The van der Waals surface area contributed by atoms with Crippen LogP contribution in [0, 0.1) is 5.92 Å². The first-order valence-electron chi connectivity index (χ1n) is 14.3. The average molecular weight is 583 g/mol. The second-order valence-corrected chi connectivity index (χ2v) is 10.6. The number of aromatic amines is 2. The Balaban J connectivity index is 1.70. The maximum absolute atomic E-state index is 13.5. The number of para-hydroxylation sites is 1. The predicted molar refractivity (Wildman–Crippen MR) is 158 cm³/mol. The predicted octanol–water partition coefficient (Wildman–Crippen LogP) is 0.718. The third-order valence-electron chi connectivity index (χ3n) is 7.42. The molecule has 1 aromatic carbocycles. The van der Waals surface area contributed by atoms with Crippen molar-refractivity contribution in [3.05, 3.63) is 54.2 Å². The summed E-state index contributed by atoms with van der Waals surface area (Å²) in [6, 6.07) is 3.56.